The SMILES string of the molecule is COc1cc(-c2cc(C(=O)N3C4CCC3CC(C(=O)N[C@@H]3CC[C@H](C(F)(F)F)N(C)C3)C4)[nH]n2)c(F)cn1. The highest BCUT2D eigenvalue weighted by Crippen LogP contribution is 2.40. The summed E-state index contributed by atoms with van der Waals surface area (Å²) in [4.78, 5) is 33.3. The molecule has 206 valence electrons. The molecule has 2 aromatic heterocycles. The second-order valence-corrected chi connectivity index (χ2v) is 10.4. The van der Waals surface area contributed by atoms with E-state index in [1.807, 2.05) is 0 Å². The molecule has 2 bridgehead atoms. The number of likely N-dealkylation sites (N-methyl/N-ethyl adjacent to an activating group) is 1. The minimum absolute atomic E-state index is 0.0501. The Hall–Kier alpha value is -3.22. The fourth-order valence-electron chi connectivity index (χ4n) is 6.15. The number of piperidine rings is 2. The van der Waals surface area contributed by atoms with Gasteiger partial charge in [0.05, 0.1) is 19.0 Å². The van der Waals surface area contributed by atoms with Gasteiger partial charge in [0.15, 0.2) is 5.82 Å². The molecule has 3 fully saturated rings. The first-order chi connectivity index (χ1) is 18.0. The Labute approximate surface area is 216 Å². The molecule has 2 unspecified atom stereocenters. The Morgan fingerprint density at radius 1 is 1.13 bits per heavy atom. The molecule has 4 atom stereocenters. The van der Waals surface area contributed by atoms with Crippen LogP contribution in [0.25, 0.3) is 11.3 Å². The summed E-state index contributed by atoms with van der Waals surface area (Å²) in [5, 5.41) is 9.77. The quantitative estimate of drug-likeness (QED) is 0.567. The maximum absolute atomic E-state index is 14.3. The van der Waals surface area contributed by atoms with Crippen molar-refractivity contribution in [2.45, 2.75) is 68.9 Å². The van der Waals surface area contributed by atoms with Crippen molar-refractivity contribution in [3.8, 4) is 17.1 Å². The van der Waals surface area contributed by atoms with Gasteiger partial charge in [-0.25, -0.2) is 9.37 Å². The molecule has 9 nitrogen and oxygen atoms in total. The average Bonchev–Trinajstić information content (AvgIpc) is 3.45. The lowest BCUT2D eigenvalue weighted by atomic mass is 9.89. The number of alkyl halides is 3. The van der Waals surface area contributed by atoms with Crippen LogP contribution in [0, 0.1) is 11.7 Å². The minimum Gasteiger partial charge on any atom is -0.481 e. The third-order valence-electron chi connectivity index (χ3n) is 8.02. The van der Waals surface area contributed by atoms with E-state index in [9.17, 15) is 27.2 Å². The van der Waals surface area contributed by atoms with Gasteiger partial charge in [0.25, 0.3) is 5.91 Å². The van der Waals surface area contributed by atoms with E-state index >= 15 is 0 Å². The average molecular weight is 539 g/mol. The fraction of sp³-hybridized carbons (Fsp3) is 0.600. The number of carbonyl (C=O) groups excluding carboxylic acids is 2. The molecular formula is C25H30F4N6O3. The summed E-state index contributed by atoms with van der Waals surface area (Å²) in [5.41, 5.74) is 0.623. The van der Waals surface area contributed by atoms with Crippen molar-refractivity contribution in [1.29, 1.82) is 0 Å². The summed E-state index contributed by atoms with van der Waals surface area (Å²) >= 11 is 0. The van der Waals surface area contributed by atoms with Crippen LogP contribution in [-0.4, -0.2) is 87.8 Å². The number of nitrogens with one attached hydrogen (secondary N) is 2. The fourth-order valence-corrected chi connectivity index (χ4v) is 6.15. The maximum Gasteiger partial charge on any atom is 0.404 e. The minimum atomic E-state index is -4.28. The van der Waals surface area contributed by atoms with Crippen molar-refractivity contribution < 1.29 is 31.9 Å². The molecule has 0 aliphatic carbocycles. The van der Waals surface area contributed by atoms with Gasteiger partial charge >= 0.3 is 6.18 Å². The van der Waals surface area contributed by atoms with Crippen LogP contribution in [0.3, 0.4) is 0 Å². The highest BCUT2D eigenvalue weighted by atomic mass is 19.4. The standard InChI is InChI=1S/C25H30F4N6O3/c1-34-12-14(3-6-21(34)25(27,28)29)31-23(36)13-7-15-4-5-16(8-13)35(15)24(37)20-10-19(32-33-20)17-9-22(38-2)30-11-18(17)26/h9-11,13-16,21H,3-8,12H2,1-2H3,(H,31,36)(H,32,33)/t13?,14-,15?,16?,21-/m1/s1. The summed E-state index contributed by atoms with van der Waals surface area (Å²) in [6.45, 7) is 0.145. The maximum atomic E-state index is 14.3. The summed E-state index contributed by atoms with van der Waals surface area (Å²) in [6.07, 6.45) is -0.537. The molecule has 2 amide bonds. The number of rotatable bonds is 5. The van der Waals surface area contributed by atoms with Gasteiger partial charge in [-0.2, -0.15) is 18.3 Å². The lowest BCUT2D eigenvalue weighted by molar-refractivity contribution is -0.188. The molecule has 5 heterocycles. The van der Waals surface area contributed by atoms with E-state index < -0.39 is 18.0 Å². The third kappa shape index (κ3) is 5.07. The topological polar surface area (TPSA) is 103 Å². The smallest absolute Gasteiger partial charge is 0.404 e. The van der Waals surface area contributed by atoms with Gasteiger partial charge in [0.1, 0.15) is 11.7 Å². The van der Waals surface area contributed by atoms with Crippen LogP contribution in [0.5, 0.6) is 5.88 Å². The molecule has 2 N–H and O–H groups in total. The Morgan fingerprint density at radius 3 is 2.47 bits per heavy atom. The van der Waals surface area contributed by atoms with E-state index in [1.54, 1.807) is 4.90 Å². The number of amides is 2. The summed E-state index contributed by atoms with van der Waals surface area (Å²) in [5.74, 6) is -1.11. The Balaban J connectivity index is 1.21. The number of carbonyl (C=O) groups is 2. The summed E-state index contributed by atoms with van der Waals surface area (Å²) in [6, 6.07) is 0.808. The number of aromatic amines is 1. The first-order valence-corrected chi connectivity index (χ1v) is 12.7. The number of likely N-dealkylation sites (tertiary alicyclic amines) is 1. The van der Waals surface area contributed by atoms with E-state index in [4.69, 9.17) is 4.74 Å². The summed E-state index contributed by atoms with van der Waals surface area (Å²) in [7, 11) is 2.85. The van der Waals surface area contributed by atoms with Gasteiger partial charge in [-0.15, -0.1) is 0 Å². The Kier molecular flexibility index (Phi) is 7.05. The zero-order chi connectivity index (χ0) is 27.2. The van der Waals surface area contributed by atoms with Gasteiger partial charge in [0.2, 0.25) is 11.8 Å². The van der Waals surface area contributed by atoms with Gasteiger partial charge in [0, 0.05) is 42.2 Å². The highest BCUT2D eigenvalue weighted by Gasteiger charge is 2.47. The lowest BCUT2D eigenvalue weighted by Gasteiger charge is -2.40. The van der Waals surface area contributed by atoms with E-state index in [2.05, 4.69) is 20.5 Å². The molecule has 3 aliphatic rings. The van der Waals surface area contributed by atoms with Crippen molar-refractivity contribution in [2.24, 2.45) is 5.92 Å². The molecule has 3 saturated heterocycles. The number of hydrogen-bond acceptors (Lipinski definition) is 6. The molecule has 0 radical (unpaired) electrons. The van der Waals surface area contributed by atoms with Gasteiger partial charge in [-0.1, -0.05) is 0 Å². The molecule has 5 rings (SSSR count). The monoisotopic (exact) mass is 538 g/mol. The van der Waals surface area contributed by atoms with E-state index in [0.29, 0.717) is 12.8 Å². The van der Waals surface area contributed by atoms with Crippen molar-refractivity contribution in [3.63, 3.8) is 0 Å². The predicted octanol–water partition coefficient (Wildman–Crippen LogP) is 3.14. The Bertz CT molecular complexity index is 1190. The Morgan fingerprint density at radius 2 is 1.84 bits per heavy atom. The highest BCUT2D eigenvalue weighted by molar-refractivity contribution is 5.94. The summed E-state index contributed by atoms with van der Waals surface area (Å²) < 4.78 is 58.8. The molecular weight excluding hydrogens is 508 g/mol. The van der Waals surface area contributed by atoms with Crippen LogP contribution in [0.2, 0.25) is 0 Å². The van der Waals surface area contributed by atoms with E-state index in [1.165, 1.54) is 31.2 Å². The van der Waals surface area contributed by atoms with Crippen molar-refractivity contribution in [1.82, 2.24) is 30.3 Å². The normalized spacial score (nSPS) is 27.8. The second kappa shape index (κ2) is 10.2. The molecule has 3 aliphatic heterocycles. The number of H-pyrrole nitrogens is 1. The first-order valence-electron chi connectivity index (χ1n) is 12.7. The predicted molar refractivity (Wildman–Crippen MR) is 128 cm³/mol. The van der Waals surface area contributed by atoms with Crippen LogP contribution in [-0.2, 0) is 4.79 Å². The van der Waals surface area contributed by atoms with E-state index in [0.717, 1.165) is 19.0 Å². The molecule has 38 heavy (non-hydrogen) atoms. The third-order valence-corrected chi connectivity index (χ3v) is 8.02. The number of methoxy groups -OCH3 is 1. The number of halogens is 4. The van der Waals surface area contributed by atoms with Crippen molar-refractivity contribution in [3.05, 3.63) is 29.8 Å². The first kappa shape index (κ1) is 26.4. The molecule has 0 spiro atoms. The molecule has 0 saturated carbocycles. The van der Waals surface area contributed by atoms with Crippen molar-refractivity contribution >= 4 is 11.8 Å². The number of nitrogens with zero attached hydrogens (tertiary/aromatic N) is 4. The zero-order valence-corrected chi connectivity index (χ0v) is 21.1. The lowest BCUT2D eigenvalue weighted by Crippen LogP contribution is -2.56. The van der Waals surface area contributed by atoms with Gasteiger partial charge in [-0.3, -0.25) is 19.6 Å². The number of fused-ring (bicyclic) bond motifs is 2. The van der Waals surface area contributed by atoms with E-state index in [-0.39, 0.29) is 78.1 Å². The second-order valence-electron chi connectivity index (χ2n) is 10.4. The molecule has 0 aromatic carbocycles. The van der Waals surface area contributed by atoms with Crippen LogP contribution >= 0.6 is 0 Å². The van der Waals surface area contributed by atoms with Crippen molar-refractivity contribution in [2.75, 3.05) is 20.7 Å². The van der Waals surface area contributed by atoms with Crippen LogP contribution < -0.4 is 10.1 Å². The molecule has 2 aromatic rings. The number of hydrogen-bond donors (Lipinski definition) is 2. The van der Waals surface area contributed by atoms with Crippen LogP contribution in [0.15, 0.2) is 18.3 Å². The number of ether oxygens (including phenoxy) is 1. The number of pyridine rings is 1. The zero-order valence-electron chi connectivity index (χ0n) is 21.1. The van der Waals surface area contributed by atoms with Crippen LogP contribution in [0.4, 0.5) is 17.6 Å². The number of aromatic nitrogens is 3. The van der Waals surface area contributed by atoms with Crippen LogP contribution in [0.1, 0.15) is 49.0 Å². The largest absolute Gasteiger partial charge is 0.481 e. The molecule has 13 heteroatoms. The van der Waals surface area contributed by atoms with Gasteiger partial charge < -0.3 is 15.0 Å². The van der Waals surface area contributed by atoms with Gasteiger partial charge in [-0.05, 0) is 51.6 Å².